The third kappa shape index (κ3) is 5.33. The summed E-state index contributed by atoms with van der Waals surface area (Å²) in [6.45, 7) is 1.94. The van der Waals surface area contributed by atoms with Gasteiger partial charge in [-0.2, -0.15) is 5.10 Å². The second-order valence-corrected chi connectivity index (χ2v) is 11.1. The van der Waals surface area contributed by atoms with E-state index in [2.05, 4.69) is 30.8 Å². The normalized spacial score (nSPS) is 22.7. The van der Waals surface area contributed by atoms with Crippen LogP contribution in [0.25, 0.3) is 16.8 Å². The molecule has 2 saturated heterocycles. The van der Waals surface area contributed by atoms with Crippen molar-refractivity contribution in [3.63, 3.8) is 0 Å². The van der Waals surface area contributed by atoms with E-state index in [-0.39, 0.29) is 24.5 Å². The van der Waals surface area contributed by atoms with E-state index in [1.54, 1.807) is 16.8 Å². The van der Waals surface area contributed by atoms with Crippen LogP contribution in [0.1, 0.15) is 41.6 Å². The molecule has 1 aliphatic carbocycles. The van der Waals surface area contributed by atoms with Crippen molar-refractivity contribution in [2.75, 3.05) is 39.0 Å². The molecule has 12 nitrogen and oxygen atoms in total. The van der Waals surface area contributed by atoms with E-state index in [1.165, 1.54) is 18.3 Å². The molecule has 15 heteroatoms. The highest BCUT2D eigenvalue weighted by atomic mass is 19.3. The molecular weight excluding hydrogens is 555 g/mol. The fourth-order valence-electron chi connectivity index (χ4n) is 5.89. The van der Waals surface area contributed by atoms with Crippen LogP contribution in [0.3, 0.4) is 0 Å². The van der Waals surface area contributed by atoms with Crippen LogP contribution >= 0.6 is 0 Å². The molecule has 42 heavy (non-hydrogen) atoms. The number of rotatable bonds is 7. The van der Waals surface area contributed by atoms with Gasteiger partial charge in [-0.15, -0.1) is 0 Å². The fourth-order valence-corrected chi connectivity index (χ4v) is 5.89. The standard InChI is InChI=1S/C27H32F3N9O3/c1-42-25-18(24(40)36-20-13-37(12-19(20)28)26(41)17-8-27(29,30)9-17)6-15(10-32-25)21-7-16(11-38-5-3-2-4-34-38)22-23(31)33-14-35-39(21)22/h6-7,10,14,17,19-20,34H,2-5,8-9,11-13H2,1H3,(H,36,40)(H2,31,33,35)/t19-,20+/m0/s1. The maximum atomic E-state index is 14.9. The SMILES string of the molecule is COc1ncc(-c2cc(CN3CCCCN3)c3c(N)ncnn23)cc1C(=O)N[C@@H]1CN(C(=O)C2CC(F)(F)C2)C[C@@H]1F. The number of pyridine rings is 1. The van der Waals surface area contributed by atoms with Gasteiger partial charge in [0.05, 0.1) is 25.4 Å². The number of aromatic nitrogens is 4. The number of hydrogen-bond donors (Lipinski definition) is 3. The van der Waals surface area contributed by atoms with Crippen molar-refractivity contribution in [1.29, 1.82) is 0 Å². The summed E-state index contributed by atoms with van der Waals surface area (Å²) in [6.07, 6.45) is 2.44. The maximum absolute atomic E-state index is 14.9. The van der Waals surface area contributed by atoms with Gasteiger partial charge in [-0.3, -0.25) is 15.0 Å². The average Bonchev–Trinajstić information content (AvgIpc) is 3.52. The zero-order chi connectivity index (χ0) is 29.6. The Bertz CT molecular complexity index is 1500. The smallest absolute Gasteiger partial charge is 0.257 e. The van der Waals surface area contributed by atoms with Crippen LogP contribution in [-0.2, 0) is 11.3 Å². The van der Waals surface area contributed by atoms with Crippen LogP contribution in [0.2, 0.25) is 0 Å². The third-order valence-electron chi connectivity index (χ3n) is 8.11. The van der Waals surface area contributed by atoms with E-state index in [1.807, 2.05) is 6.07 Å². The Morgan fingerprint density at radius 3 is 2.74 bits per heavy atom. The average molecular weight is 588 g/mol. The van der Waals surface area contributed by atoms with Gasteiger partial charge in [0.2, 0.25) is 17.7 Å². The lowest BCUT2D eigenvalue weighted by Crippen LogP contribution is -2.47. The molecule has 0 spiro atoms. The van der Waals surface area contributed by atoms with Gasteiger partial charge in [0.25, 0.3) is 5.91 Å². The summed E-state index contributed by atoms with van der Waals surface area (Å²) in [5.74, 6) is -4.51. The molecular formula is C27H32F3N9O3. The number of carbonyl (C=O) groups is 2. The molecule has 2 aliphatic heterocycles. The van der Waals surface area contributed by atoms with Crippen LogP contribution in [0.4, 0.5) is 19.0 Å². The van der Waals surface area contributed by atoms with Gasteiger partial charge in [-0.05, 0) is 30.5 Å². The van der Waals surface area contributed by atoms with Gasteiger partial charge in [0.1, 0.15) is 23.6 Å². The van der Waals surface area contributed by atoms with Crippen molar-refractivity contribution in [3.8, 4) is 17.1 Å². The number of carbonyl (C=O) groups excluding carboxylic acids is 2. The number of nitrogens with one attached hydrogen (secondary N) is 2. The van der Waals surface area contributed by atoms with Crippen molar-refractivity contribution in [2.45, 2.75) is 50.4 Å². The number of amides is 2. The van der Waals surface area contributed by atoms with Gasteiger partial charge < -0.3 is 20.7 Å². The molecule has 3 aromatic heterocycles. The lowest BCUT2D eigenvalue weighted by Gasteiger charge is -2.36. The van der Waals surface area contributed by atoms with Gasteiger partial charge in [-0.25, -0.2) is 32.7 Å². The number of hydrogen-bond acceptors (Lipinski definition) is 9. The van der Waals surface area contributed by atoms with E-state index < -0.39 is 48.7 Å². The first-order chi connectivity index (χ1) is 20.1. The van der Waals surface area contributed by atoms with Gasteiger partial charge in [-0.1, -0.05) is 0 Å². The van der Waals surface area contributed by atoms with Crippen molar-refractivity contribution < 1.29 is 27.5 Å². The topological polar surface area (TPSA) is 143 Å². The number of nitrogens with two attached hydrogens (primary N) is 1. The van der Waals surface area contributed by atoms with Gasteiger partial charge >= 0.3 is 0 Å². The third-order valence-corrected chi connectivity index (χ3v) is 8.11. The fraction of sp³-hybridized carbons (Fsp3) is 0.519. The Kier molecular flexibility index (Phi) is 7.39. The zero-order valence-corrected chi connectivity index (χ0v) is 23.0. The molecule has 6 rings (SSSR count). The number of nitrogen functional groups attached to an aromatic ring is 1. The highest BCUT2D eigenvalue weighted by Crippen LogP contribution is 2.43. The molecule has 1 saturated carbocycles. The zero-order valence-electron chi connectivity index (χ0n) is 23.0. The van der Waals surface area contributed by atoms with Gasteiger partial charge in [0, 0.05) is 56.7 Å². The molecule has 2 amide bonds. The summed E-state index contributed by atoms with van der Waals surface area (Å²) in [5, 5.41) is 9.14. The van der Waals surface area contributed by atoms with Crippen LogP contribution in [0.15, 0.2) is 24.7 Å². The molecule has 3 fully saturated rings. The Morgan fingerprint density at radius 2 is 2.02 bits per heavy atom. The van der Waals surface area contributed by atoms with Crippen LogP contribution in [-0.4, -0.2) is 92.7 Å². The lowest BCUT2D eigenvalue weighted by molar-refractivity contribution is -0.159. The molecule has 3 aromatic rings. The number of likely N-dealkylation sites (tertiary alicyclic amines) is 1. The summed E-state index contributed by atoms with van der Waals surface area (Å²) < 4.78 is 48.4. The number of fused-ring (bicyclic) bond motifs is 1. The highest BCUT2D eigenvalue weighted by Gasteiger charge is 2.51. The van der Waals surface area contributed by atoms with Crippen molar-refractivity contribution >= 4 is 23.1 Å². The van der Waals surface area contributed by atoms with Crippen LogP contribution < -0.4 is 21.2 Å². The molecule has 3 aliphatic rings. The molecule has 0 radical (unpaired) electrons. The molecule has 2 atom stereocenters. The number of alkyl halides is 3. The largest absolute Gasteiger partial charge is 0.480 e. The molecule has 0 aromatic carbocycles. The summed E-state index contributed by atoms with van der Waals surface area (Å²) >= 11 is 0. The molecule has 4 N–H and O–H groups in total. The number of halogens is 3. The highest BCUT2D eigenvalue weighted by molar-refractivity contribution is 5.98. The van der Waals surface area contributed by atoms with Crippen molar-refractivity contribution in [1.82, 2.24) is 40.2 Å². The molecule has 224 valence electrons. The minimum Gasteiger partial charge on any atom is -0.480 e. The van der Waals surface area contributed by atoms with E-state index >= 15 is 0 Å². The predicted molar refractivity (Wildman–Crippen MR) is 145 cm³/mol. The quantitative estimate of drug-likeness (QED) is 0.377. The summed E-state index contributed by atoms with van der Waals surface area (Å²) in [6, 6.07) is 2.48. The lowest BCUT2D eigenvalue weighted by atomic mass is 9.80. The summed E-state index contributed by atoms with van der Waals surface area (Å²) in [5.41, 5.74) is 12.4. The molecule has 0 bridgehead atoms. The van der Waals surface area contributed by atoms with Crippen LogP contribution in [0, 0.1) is 5.92 Å². The Morgan fingerprint density at radius 1 is 1.21 bits per heavy atom. The second kappa shape index (κ2) is 11.0. The first-order valence-corrected chi connectivity index (χ1v) is 13.9. The molecule has 0 unspecified atom stereocenters. The summed E-state index contributed by atoms with van der Waals surface area (Å²) in [7, 11) is 1.37. The predicted octanol–water partition coefficient (Wildman–Crippen LogP) is 1.81. The maximum Gasteiger partial charge on any atom is 0.257 e. The monoisotopic (exact) mass is 587 g/mol. The number of methoxy groups -OCH3 is 1. The second-order valence-electron chi connectivity index (χ2n) is 11.1. The van der Waals surface area contributed by atoms with Crippen LogP contribution in [0.5, 0.6) is 5.88 Å². The first-order valence-electron chi connectivity index (χ1n) is 13.9. The Hall–Kier alpha value is -3.98. The van der Waals surface area contributed by atoms with E-state index in [9.17, 15) is 22.8 Å². The number of hydrazine groups is 1. The number of anilines is 1. The summed E-state index contributed by atoms with van der Waals surface area (Å²) in [4.78, 5) is 35.6. The minimum absolute atomic E-state index is 0.0297. The minimum atomic E-state index is -2.86. The Balaban J connectivity index is 1.24. The Labute approximate surface area is 239 Å². The molecule has 5 heterocycles. The van der Waals surface area contributed by atoms with E-state index in [0.717, 1.165) is 31.5 Å². The van der Waals surface area contributed by atoms with E-state index in [4.69, 9.17) is 10.5 Å². The number of nitrogens with zero attached hydrogens (tertiary/aromatic N) is 6. The van der Waals surface area contributed by atoms with Crippen molar-refractivity contribution in [3.05, 3.63) is 35.8 Å². The van der Waals surface area contributed by atoms with E-state index in [0.29, 0.717) is 29.1 Å². The van der Waals surface area contributed by atoms with Gasteiger partial charge in [0.15, 0.2) is 5.82 Å². The first kappa shape index (κ1) is 28.2. The number of ether oxygens (including phenoxy) is 1. The van der Waals surface area contributed by atoms with Crippen molar-refractivity contribution in [2.24, 2.45) is 5.92 Å².